The molecule has 0 atom stereocenters. The minimum Gasteiger partial charge on any atom is -0.323 e. The van der Waals surface area contributed by atoms with Gasteiger partial charge in [-0.3, -0.25) is 9.48 Å². The predicted molar refractivity (Wildman–Crippen MR) is 73.9 cm³/mol. The average molecular weight is 252 g/mol. The Bertz CT molecular complexity index is 409. The molecule has 0 aliphatic heterocycles. The van der Waals surface area contributed by atoms with Crippen molar-refractivity contribution in [1.29, 1.82) is 0 Å². The van der Waals surface area contributed by atoms with Crippen molar-refractivity contribution < 1.29 is 4.79 Å². The maximum absolute atomic E-state index is 11.8. The maximum Gasteiger partial charge on any atom is 0.224 e. The van der Waals surface area contributed by atoms with Gasteiger partial charge in [0.25, 0.3) is 0 Å². The summed E-state index contributed by atoms with van der Waals surface area (Å²) in [5.41, 5.74) is 2.76. The highest BCUT2D eigenvalue weighted by atomic mass is 16.1. The molecule has 5 heteroatoms. The quantitative estimate of drug-likeness (QED) is 0.761. The average Bonchev–Trinajstić information content (AvgIpc) is 2.57. The van der Waals surface area contributed by atoms with Gasteiger partial charge in [0.05, 0.1) is 17.1 Å². The highest BCUT2D eigenvalue weighted by molar-refractivity contribution is 5.91. The van der Waals surface area contributed by atoms with E-state index < -0.39 is 0 Å². The molecule has 5 nitrogen and oxygen atoms in total. The number of aromatic nitrogens is 2. The van der Waals surface area contributed by atoms with Gasteiger partial charge in [-0.1, -0.05) is 0 Å². The summed E-state index contributed by atoms with van der Waals surface area (Å²) in [4.78, 5) is 11.8. The fourth-order valence-corrected chi connectivity index (χ4v) is 1.97. The molecule has 0 aliphatic carbocycles. The first-order chi connectivity index (χ1) is 8.47. The van der Waals surface area contributed by atoms with Crippen LogP contribution in [0.2, 0.25) is 0 Å². The summed E-state index contributed by atoms with van der Waals surface area (Å²) in [5, 5.41) is 10.4. The first-order valence-corrected chi connectivity index (χ1v) is 6.47. The molecule has 1 rings (SSSR count). The zero-order valence-corrected chi connectivity index (χ0v) is 12.0. The zero-order valence-electron chi connectivity index (χ0n) is 12.0. The molecule has 1 amide bonds. The summed E-state index contributed by atoms with van der Waals surface area (Å²) in [6.45, 7) is 8.94. The molecule has 0 radical (unpaired) electrons. The molecule has 0 saturated heterocycles. The number of rotatable bonds is 6. The monoisotopic (exact) mass is 252 g/mol. The molecule has 1 aromatic rings. The smallest absolute Gasteiger partial charge is 0.224 e. The first kappa shape index (κ1) is 14.7. The van der Waals surface area contributed by atoms with Crippen LogP contribution in [0.3, 0.4) is 0 Å². The minimum absolute atomic E-state index is 0.0553. The lowest BCUT2D eigenvalue weighted by Crippen LogP contribution is -2.16. The largest absolute Gasteiger partial charge is 0.323 e. The number of nitrogens with zero attached hydrogens (tertiary/aromatic N) is 2. The Morgan fingerprint density at radius 1 is 1.39 bits per heavy atom. The van der Waals surface area contributed by atoms with Crippen molar-refractivity contribution in [2.24, 2.45) is 0 Å². The Balaban J connectivity index is 2.70. The first-order valence-electron chi connectivity index (χ1n) is 6.47. The number of carbonyl (C=O) groups excluding carboxylic acids is 1. The molecule has 0 fully saturated rings. The Labute approximate surface area is 109 Å². The predicted octanol–water partition coefficient (Wildman–Crippen LogP) is 2.02. The van der Waals surface area contributed by atoms with Gasteiger partial charge in [0.1, 0.15) is 0 Å². The van der Waals surface area contributed by atoms with Crippen LogP contribution in [0.4, 0.5) is 5.69 Å². The van der Waals surface area contributed by atoms with Crippen molar-refractivity contribution in [3.05, 3.63) is 11.4 Å². The number of hydrogen-bond acceptors (Lipinski definition) is 3. The van der Waals surface area contributed by atoms with Crippen LogP contribution in [0.15, 0.2) is 0 Å². The highest BCUT2D eigenvalue weighted by Crippen LogP contribution is 2.22. The Kier molecular flexibility index (Phi) is 5.34. The normalized spacial score (nSPS) is 11.0. The minimum atomic E-state index is 0.0553. The SMILES string of the molecule is CNCCCC(=O)Nc1c(C)nn(C(C)C)c1C. The van der Waals surface area contributed by atoms with Gasteiger partial charge >= 0.3 is 0 Å². The van der Waals surface area contributed by atoms with E-state index in [0.717, 1.165) is 30.0 Å². The van der Waals surface area contributed by atoms with E-state index in [0.29, 0.717) is 12.5 Å². The van der Waals surface area contributed by atoms with Crippen molar-refractivity contribution in [1.82, 2.24) is 15.1 Å². The molecule has 2 N–H and O–H groups in total. The van der Waals surface area contributed by atoms with Crippen LogP contribution in [-0.2, 0) is 4.79 Å². The van der Waals surface area contributed by atoms with E-state index in [9.17, 15) is 4.79 Å². The van der Waals surface area contributed by atoms with Gasteiger partial charge < -0.3 is 10.6 Å². The molecule has 1 aromatic heterocycles. The summed E-state index contributed by atoms with van der Waals surface area (Å²) in [6, 6.07) is 0.304. The lowest BCUT2D eigenvalue weighted by Gasteiger charge is -2.09. The summed E-state index contributed by atoms with van der Waals surface area (Å²) in [5.74, 6) is 0.0553. The molecular weight excluding hydrogens is 228 g/mol. The highest BCUT2D eigenvalue weighted by Gasteiger charge is 2.15. The van der Waals surface area contributed by atoms with Crippen LogP contribution >= 0.6 is 0 Å². The van der Waals surface area contributed by atoms with Gasteiger partial charge in [0, 0.05) is 12.5 Å². The summed E-state index contributed by atoms with van der Waals surface area (Å²) in [6.07, 6.45) is 1.38. The third kappa shape index (κ3) is 3.57. The van der Waals surface area contributed by atoms with E-state index in [-0.39, 0.29) is 5.91 Å². The van der Waals surface area contributed by atoms with Crippen molar-refractivity contribution in [2.45, 2.75) is 46.6 Å². The lowest BCUT2D eigenvalue weighted by atomic mass is 10.2. The van der Waals surface area contributed by atoms with Crippen molar-refractivity contribution >= 4 is 11.6 Å². The topological polar surface area (TPSA) is 59.0 Å². The van der Waals surface area contributed by atoms with Crippen LogP contribution in [0.5, 0.6) is 0 Å². The number of aryl methyl sites for hydroxylation is 1. The molecule has 0 aliphatic rings. The van der Waals surface area contributed by atoms with Crippen LogP contribution in [-0.4, -0.2) is 29.3 Å². The third-order valence-electron chi connectivity index (χ3n) is 2.91. The van der Waals surface area contributed by atoms with Gasteiger partial charge in [0.2, 0.25) is 5.91 Å². The van der Waals surface area contributed by atoms with E-state index in [2.05, 4.69) is 29.6 Å². The number of carbonyl (C=O) groups is 1. The standard InChI is InChI=1S/C13H24N4O/c1-9(2)17-11(4)13(10(3)16-17)15-12(18)7-6-8-14-5/h9,14H,6-8H2,1-5H3,(H,15,18). The zero-order chi connectivity index (χ0) is 13.7. The van der Waals surface area contributed by atoms with Gasteiger partial charge in [-0.15, -0.1) is 0 Å². The summed E-state index contributed by atoms with van der Waals surface area (Å²) >= 11 is 0. The molecule has 0 unspecified atom stereocenters. The number of hydrogen-bond donors (Lipinski definition) is 2. The van der Waals surface area contributed by atoms with E-state index >= 15 is 0 Å². The van der Waals surface area contributed by atoms with Crippen molar-refractivity contribution in [3.8, 4) is 0 Å². The Morgan fingerprint density at radius 3 is 2.56 bits per heavy atom. The van der Waals surface area contributed by atoms with Gasteiger partial charge in [-0.05, 0) is 47.7 Å². The fraction of sp³-hybridized carbons (Fsp3) is 0.692. The molecule has 0 aromatic carbocycles. The Hall–Kier alpha value is -1.36. The van der Waals surface area contributed by atoms with E-state index in [1.807, 2.05) is 25.6 Å². The second kappa shape index (κ2) is 6.54. The molecule has 18 heavy (non-hydrogen) atoms. The van der Waals surface area contributed by atoms with Crippen molar-refractivity contribution in [3.63, 3.8) is 0 Å². The molecular formula is C13H24N4O. The van der Waals surface area contributed by atoms with Crippen LogP contribution in [0, 0.1) is 13.8 Å². The maximum atomic E-state index is 11.8. The molecule has 0 saturated carbocycles. The van der Waals surface area contributed by atoms with Crippen LogP contribution < -0.4 is 10.6 Å². The van der Waals surface area contributed by atoms with Crippen molar-refractivity contribution in [2.75, 3.05) is 18.9 Å². The molecule has 1 heterocycles. The van der Waals surface area contributed by atoms with Crippen LogP contribution in [0.25, 0.3) is 0 Å². The summed E-state index contributed by atoms with van der Waals surface area (Å²) in [7, 11) is 1.89. The Morgan fingerprint density at radius 2 is 2.06 bits per heavy atom. The summed E-state index contributed by atoms with van der Waals surface area (Å²) < 4.78 is 1.94. The number of anilines is 1. The second-order valence-corrected chi connectivity index (χ2v) is 4.84. The van der Waals surface area contributed by atoms with Gasteiger partial charge in [-0.25, -0.2) is 0 Å². The lowest BCUT2D eigenvalue weighted by molar-refractivity contribution is -0.116. The molecule has 0 spiro atoms. The van der Waals surface area contributed by atoms with E-state index in [1.54, 1.807) is 0 Å². The number of nitrogens with one attached hydrogen (secondary N) is 2. The van der Waals surface area contributed by atoms with Crippen LogP contribution in [0.1, 0.15) is 44.1 Å². The number of amides is 1. The fourth-order valence-electron chi connectivity index (χ4n) is 1.97. The molecule has 0 bridgehead atoms. The van der Waals surface area contributed by atoms with E-state index in [4.69, 9.17) is 0 Å². The third-order valence-corrected chi connectivity index (χ3v) is 2.91. The second-order valence-electron chi connectivity index (χ2n) is 4.84. The molecule has 102 valence electrons. The van der Waals surface area contributed by atoms with Gasteiger partial charge in [0.15, 0.2) is 0 Å². The van der Waals surface area contributed by atoms with E-state index in [1.165, 1.54) is 0 Å². The van der Waals surface area contributed by atoms with Gasteiger partial charge in [-0.2, -0.15) is 5.10 Å².